The zero-order valence-electron chi connectivity index (χ0n) is 11.1. The molecule has 4 nitrogen and oxygen atoms in total. The van der Waals surface area contributed by atoms with Crippen molar-refractivity contribution in [2.45, 2.75) is 33.3 Å². The van der Waals surface area contributed by atoms with Crippen molar-refractivity contribution in [3.05, 3.63) is 16.9 Å². The molecular formula is C13H20BrN3O. The zero-order chi connectivity index (χ0) is 13.3. The first kappa shape index (κ1) is 13.7. The van der Waals surface area contributed by atoms with E-state index in [1.165, 1.54) is 0 Å². The van der Waals surface area contributed by atoms with E-state index in [1.807, 2.05) is 0 Å². The van der Waals surface area contributed by atoms with Gasteiger partial charge in [0.2, 0.25) is 5.95 Å². The Bertz CT molecular complexity index is 402. The summed E-state index contributed by atoms with van der Waals surface area (Å²) >= 11 is 3.32. The van der Waals surface area contributed by atoms with Crippen molar-refractivity contribution >= 4 is 21.9 Å². The van der Waals surface area contributed by atoms with E-state index in [1.54, 1.807) is 12.4 Å². The second-order valence-corrected chi connectivity index (χ2v) is 6.89. The molecule has 0 aromatic carbocycles. The van der Waals surface area contributed by atoms with Crippen molar-refractivity contribution < 1.29 is 5.11 Å². The summed E-state index contributed by atoms with van der Waals surface area (Å²) in [7, 11) is 0. The van der Waals surface area contributed by atoms with Crippen LogP contribution in [0.25, 0.3) is 0 Å². The second kappa shape index (κ2) is 5.13. The van der Waals surface area contributed by atoms with Crippen LogP contribution in [0.4, 0.5) is 5.95 Å². The van der Waals surface area contributed by atoms with Gasteiger partial charge in [0.1, 0.15) is 0 Å². The minimum absolute atomic E-state index is 0.145. The molecule has 1 N–H and O–H groups in total. The van der Waals surface area contributed by atoms with Gasteiger partial charge in [0.15, 0.2) is 0 Å². The molecule has 1 aromatic heterocycles. The lowest BCUT2D eigenvalue weighted by Crippen LogP contribution is -2.48. The van der Waals surface area contributed by atoms with Gasteiger partial charge in [0.25, 0.3) is 0 Å². The van der Waals surface area contributed by atoms with Crippen LogP contribution in [-0.2, 0) is 0 Å². The molecule has 0 bridgehead atoms. The van der Waals surface area contributed by atoms with Crippen LogP contribution in [0.5, 0.6) is 0 Å². The van der Waals surface area contributed by atoms with Gasteiger partial charge < -0.3 is 10.0 Å². The minimum Gasteiger partial charge on any atom is -0.391 e. The molecule has 2 heterocycles. The first-order valence-electron chi connectivity index (χ1n) is 6.28. The maximum atomic E-state index is 10.3. The fourth-order valence-corrected chi connectivity index (χ4v) is 2.80. The van der Waals surface area contributed by atoms with Gasteiger partial charge in [-0.05, 0) is 33.7 Å². The number of piperidine rings is 1. The summed E-state index contributed by atoms with van der Waals surface area (Å²) in [5.74, 6) is 1.04. The van der Waals surface area contributed by atoms with Gasteiger partial charge >= 0.3 is 0 Å². The fourth-order valence-electron chi connectivity index (χ4n) is 2.59. The van der Waals surface area contributed by atoms with Gasteiger partial charge in [0, 0.05) is 25.5 Å². The number of nitrogens with zero attached hydrogens (tertiary/aromatic N) is 3. The molecule has 100 valence electrons. The molecule has 1 aliphatic heterocycles. The molecule has 5 heteroatoms. The van der Waals surface area contributed by atoms with E-state index >= 15 is 0 Å². The predicted molar refractivity (Wildman–Crippen MR) is 75.5 cm³/mol. The monoisotopic (exact) mass is 313 g/mol. The number of anilines is 1. The third-order valence-corrected chi connectivity index (χ3v) is 3.99. The van der Waals surface area contributed by atoms with Crippen molar-refractivity contribution in [3.8, 4) is 0 Å². The average molecular weight is 314 g/mol. The Morgan fingerprint density at radius 3 is 2.44 bits per heavy atom. The van der Waals surface area contributed by atoms with E-state index in [0.29, 0.717) is 18.4 Å². The first-order valence-corrected chi connectivity index (χ1v) is 7.08. The van der Waals surface area contributed by atoms with Gasteiger partial charge in [-0.2, -0.15) is 0 Å². The Morgan fingerprint density at radius 2 is 1.94 bits per heavy atom. The van der Waals surface area contributed by atoms with E-state index in [0.717, 1.165) is 17.4 Å². The van der Waals surface area contributed by atoms with Crippen LogP contribution in [0.1, 0.15) is 27.2 Å². The van der Waals surface area contributed by atoms with Gasteiger partial charge in [-0.1, -0.05) is 20.8 Å². The second-order valence-electron chi connectivity index (χ2n) is 5.98. The van der Waals surface area contributed by atoms with Gasteiger partial charge in [-0.25, -0.2) is 9.97 Å². The number of β-amino-alcohol motifs (C(OH)–C–C–N with tert-alkyl or cyclic N) is 1. The Labute approximate surface area is 117 Å². The number of hydrogen-bond acceptors (Lipinski definition) is 4. The third kappa shape index (κ3) is 3.01. The summed E-state index contributed by atoms with van der Waals surface area (Å²) in [6.07, 6.45) is 4.14. The van der Waals surface area contributed by atoms with E-state index in [4.69, 9.17) is 0 Å². The van der Waals surface area contributed by atoms with Crippen LogP contribution in [0.15, 0.2) is 16.9 Å². The van der Waals surface area contributed by atoms with Crippen LogP contribution in [0.3, 0.4) is 0 Å². The predicted octanol–water partition coefficient (Wildman–Crippen LogP) is 2.47. The molecule has 1 aromatic rings. The molecule has 1 saturated heterocycles. The highest BCUT2D eigenvalue weighted by molar-refractivity contribution is 9.10. The molecule has 2 atom stereocenters. The van der Waals surface area contributed by atoms with Crippen LogP contribution in [0.2, 0.25) is 0 Å². The smallest absolute Gasteiger partial charge is 0.225 e. The molecule has 0 amide bonds. The van der Waals surface area contributed by atoms with Crippen LogP contribution in [-0.4, -0.2) is 34.3 Å². The highest BCUT2D eigenvalue weighted by Gasteiger charge is 2.36. The van der Waals surface area contributed by atoms with Crippen molar-refractivity contribution in [2.24, 2.45) is 11.3 Å². The lowest BCUT2D eigenvalue weighted by molar-refractivity contribution is 0.0289. The average Bonchev–Trinajstić information content (AvgIpc) is 2.28. The summed E-state index contributed by atoms with van der Waals surface area (Å²) < 4.78 is 0.872. The lowest BCUT2D eigenvalue weighted by Gasteiger charge is -2.42. The van der Waals surface area contributed by atoms with E-state index < -0.39 is 0 Å². The SMILES string of the molecule is CC(C)(C)[C@@H]1CCN(c2ncc(Br)cn2)C[C@H]1O. The van der Waals surface area contributed by atoms with Gasteiger partial charge in [0.05, 0.1) is 10.6 Å². The Morgan fingerprint density at radius 1 is 1.33 bits per heavy atom. The number of rotatable bonds is 1. The van der Waals surface area contributed by atoms with E-state index in [-0.39, 0.29) is 11.5 Å². The number of aromatic nitrogens is 2. The minimum atomic E-state index is -0.314. The third-order valence-electron chi connectivity index (χ3n) is 3.58. The van der Waals surface area contributed by atoms with E-state index in [2.05, 4.69) is 51.6 Å². The topological polar surface area (TPSA) is 49.2 Å². The zero-order valence-corrected chi connectivity index (χ0v) is 12.7. The largest absolute Gasteiger partial charge is 0.391 e. The van der Waals surface area contributed by atoms with Crippen LogP contribution >= 0.6 is 15.9 Å². The normalized spacial score (nSPS) is 25.3. The van der Waals surface area contributed by atoms with Crippen LogP contribution < -0.4 is 4.90 Å². The van der Waals surface area contributed by atoms with Crippen LogP contribution in [0, 0.1) is 11.3 Å². The molecule has 2 rings (SSSR count). The van der Waals surface area contributed by atoms with Gasteiger partial charge in [-0.3, -0.25) is 0 Å². The number of aliphatic hydroxyl groups excluding tert-OH is 1. The number of aliphatic hydroxyl groups is 1. The molecule has 0 aliphatic carbocycles. The number of halogens is 1. The molecule has 0 unspecified atom stereocenters. The summed E-state index contributed by atoms with van der Waals surface area (Å²) in [5.41, 5.74) is 0.145. The summed E-state index contributed by atoms with van der Waals surface area (Å²) in [4.78, 5) is 10.6. The summed E-state index contributed by atoms with van der Waals surface area (Å²) in [5, 5.41) is 10.3. The van der Waals surface area contributed by atoms with E-state index in [9.17, 15) is 5.11 Å². The highest BCUT2D eigenvalue weighted by atomic mass is 79.9. The van der Waals surface area contributed by atoms with Crippen molar-refractivity contribution in [1.82, 2.24) is 9.97 Å². The Balaban J connectivity index is 2.06. The Kier molecular flexibility index (Phi) is 3.92. The molecule has 0 spiro atoms. The van der Waals surface area contributed by atoms with Crippen molar-refractivity contribution in [2.75, 3.05) is 18.0 Å². The maximum Gasteiger partial charge on any atom is 0.225 e. The molecule has 0 radical (unpaired) electrons. The lowest BCUT2D eigenvalue weighted by atomic mass is 9.74. The Hall–Kier alpha value is -0.680. The molecule has 0 saturated carbocycles. The van der Waals surface area contributed by atoms with Gasteiger partial charge in [-0.15, -0.1) is 0 Å². The molecular weight excluding hydrogens is 294 g/mol. The summed E-state index contributed by atoms with van der Waals surface area (Å²) in [6.45, 7) is 8.08. The fraction of sp³-hybridized carbons (Fsp3) is 0.692. The quantitative estimate of drug-likeness (QED) is 0.865. The summed E-state index contributed by atoms with van der Waals surface area (Å²) in [6, 6.07) is 0. The maximum absolute atomic E-state index is 10.3. The van der Waals surface area contributed by atoms with Crippen molar-refractivity contribution in [1.29, 1.82) is 0 Å². The molecule has 1 aliphatic rings. The molecule has 18 heavy (non-hydrogen) atoms. The number of hydrogen-bond donors (Lipinski definition) is 1. The molecule has 1 fully saturated rings. The van der Waals surface area contributed by atoms with Crippen molar-refractivity contribution in [3.63, 3.8) is 0 Å². The first-order chi connectivity index (χ1) is 8.38. The standard InChI is InChI=1S/C13H20BrN3O/c1-13(2,3)10-4-5-17(8-11(10)18)12-15-6-9(14)7-16-12/h6-7,10-11,18H,4-5,8H2,1-3H3/t10-,11-/m1/s1. The highest BCUT2D eigenvalue weighted by Crippen LogP contribution is 2.35.